The Kier molecular flexibility index (Phi) is 5.36. The zero-order valence-corrected chi connectivity index (χ0v) is 17.9. The van der Waals surface area contributed by atoms with Gasteiger partial charge in [-0.25, -0.2) is 13.4 Å². The maximum absolute atomic E-state index is 13.0. The van der Waals surface area contributed by atoms with Gasteiger partial charge in [0.05, 0.1) is 36.0 Å². The first kappa shape index (κ1) is 22.1. The molecule has 0 amide bonds. The molecular formula is C18H20F2N6O5S. The zero-order chi connectivity index (χ0) is 23.3. The van der Waals surface area contributed by atoms with Crippen LogP contribution in [0, 0.1) is 0 Å². The van der Waals surface area contributed by atoms with E-state index in [-0.39, 0.29) is 22.7 Å². The number of hydrogen-bond donors (Lipinski definition) is 2. The molecule has 0 radical (unpaired) electrons. The second-order valence-corrected chi connectivity index (χ2v) is 9.63. The number of nitrogens with one attached hydrogen (secondary N) is 1. The fourth-order valence-corrected chi connectivity index (χ4v) is 4.37. The minimum Gasteiger partial charge on any atom is -0.429 e. The van der Waals surface area contributed by atoms with Crippen LogP contribution in [0.4, 0.5) is 20.4 Å². The molecule has 3 heterocycles. The molecule has 3 aromatic rings. The van der Waals surface area contributed by atoms with E-state index in [0.29, 0.717) is 19.3 Å². The number of anilines is 2. The summed E-state index contributed by atoms with van der Waals surface area (Å²) in [6.45, 7) is -1.63. The molecule has 1 saturated carbocycles. The Morgan fingerprint density at radius 1 is 1.38 bits per heavy atom. The fourth-order valence-electron chi connectivity index (χ4n) is 3.84. The SMILES string of the molecule is C[C@@]1(O)CCC[C@H]1n1c(=O)c(OC(F)F)cc2cnc(Nc3cnn(S(C)(=O)=O)c3)nc21. The molecule has 2 atom stereocenters. The molecule has 11 nitrogen and oxygen atoms in total. The number of hydrogen-bond acceptors (Lipinski definition) is 9. The van der Waals surface area contributed by atoms with Crippen molar-refractivity contribution in [3.63, 3.8) is 0 Å². The summed E-state index contributed by atoms with van der Waals surface area (Å²) < 4.78 is 55.2. The van der Waals surface area contributed by atoms with Gasteiger partial charge in [-0.15, -0.1) is 0 Å². The van der Waals surface area contributed by atoms with Gasteiger partial charge in [0.1, 0.15) is 5.65 Å². The summed E-state index contributed by atoms with van der Waals surface area (Å²) in [5, 5.41) is 17.6. The highest BCUT2D eigenvalue weighted by Crippen LogP contribution is 2.40. The van der Waals surface area contributed by atoms with Crippen LogP contribution in [0.15, 0.2) is 29.5 Å². The average Bonchev–Trinajstić information content (AvgIpc) is 3.28. The van der Waals surface area contributed by atoms with E-state index in [1.54, 1.807) is 6.92 Å². The van der Waals surface area contributed by atoms with Gasteiger partial charge in [0, 0.05) is 11.6 Å². The van der Waals surface area contributed by atoms with Crippen molar-refractivity contribution >= 4 is 32.7 Å². The average molecular weight is 470 g/mol. The molecule has 3 aromatic heterocycles. The third-order valence-electron chi connectivity index (χ3n) is 5.30. The standard InChI is InChI=1S/C18H20F2N6O5S/c1-18(28)5-3-4-13(18)26-14-10(6-12(15(26)27)31-16(19)20)7-21-17(24-14)23-11-8-22-25(9-11)32(2,29)30/h6-9,13,16,28H,3-5H2,1-2H3,(H,21,23,24)/t13-,18-/m1/s1. The highest BCUT2D eigenvalue weighted by atomic mass is 32.2. The van der Waals surface area contributed by atoms with E-state index >= 15 is 0 Å². The highest BCUT2D eigenvalue weighted by molar-refractivity contribution is 7.89. The summed E-state index contributed by atoms with van der Waals surface area (Å²) in [5.74, 6) is -0.562. The van der Waals surface area contributed by atoms with Crippen molar-refractivity contribution < 1.29 is 27.0 Å². The van der Waals surface area contributed by atoms with Crippen molar-refractivity contribution in [1.29, 1.82) is 0 Å². The van der Waals surface area contributed by atoms with Crippen LogP contribution in [0.25, 0.3) is 11.0 Å². The first-order valence-corrected chi connectivity index (χ1v) is 11.4. The highest BCUT2D eigenvalue weighted by Gasteiger charge is 2.40. The van der Waals surface area contributed by atoms with Crippen LogP contribution in [-0.2, 0) is 10.0 Å². The van der Waals surface area contributed by atoms with Crippen molar-refractivity contribution in [2.45, 2.75) is 44.4 Å². The van der Waals surface area contributed by atoms with Crippen LogP contribution in [0.1, 0.15) is 32.2 Å². The molecule has 4 rings (SSSR count). The van der Waals surface area contributed by atoms with Gasteiger partial charge in [-0.1, -0.05) is 0 Å². The van der Waals surface area contributed by atoms with Gasteiger partial charge in [0.15, 0.2) is 5.75 Å². The van der Waals surface area contributed by atoms with Crippen LogP contribution < -0.4 is 15.6 Å². The van der Waals surface area contributed by atoms with Gasteiger partial charge in [0.2, 0.25) is 5.95 Å². The number of rotatable bonds is 6. The number of alkyl halides is 2. The molecule has 0 aromatic carbocycles. The van der Waals surface area contributed by atoms with E-state index in [0.717, 1.165) is 21.0 Å². The fraction of sp³-hybridized carbons (Fsp3) is 0.444. The molecule has 0 bridgehead atoms. The molecule has 1 fully saturated rings. The Hall–Kier alpha value is -3.13. The maximum Gasteiger partial charge on any atom is 0.387 e. The lowest BCUT2D eigenvalue weighted by Crippen LogP contribution is -2.38. The van der Waals surface area contributed by atoms with Gasteiger partial charge >= 0.3 is 6.61 Å². The van der Waals surface area contributed by atoms with Gasteiger partial charge in [0.25, 0.3) is 15.6 Å². The molecule has 0 aliphatic heterocycles. The molecule has 32 heavy (non-hydrogen) atoms. The van der Waals surface area contributed by atoms with Crippen LogP contribution in [0.5, 0.6) is 5.75 Å². The number of nitrogens with zero attached hydrogens (tertiary/aromatic N) is 5. The van der Waals surface area contributed by atoms with Gasteiger partial charge < -0.3 is 15.2 Å². The monoisotopic (exact) mass is 470 g/mol. The molecule has 2 N–H and O–H groups in total. The van der Waals surface area contributed by atoms with E-state index in [1.165, 1.54) is 18.6 Å². The number of pyridine rings is 1. The number of aromatic nitrogens is 5. The molecule has 0 unspecified atom stereocenters. The largest absolute Gasteiger partial charge is 0.429 e. The molecular weight excluding hydrogens is 450 g/mol. The quantitative estimate of drug-likeness (QED) is 0.550. The van der Waals surface area contributed by atoms with E-state index in [2.05, 4.69) is 25.1 Å². The predicted octanol–water partition coefficient (Wildman–Crippen LogP) is 1.62. The summed E-state index contributed by atoms with van der Waals surface area (Å²) >= 11 is 0. The lowest BCUT2D eigenvalue weighted by atomic mass is 10.00. The van der Waals surface area contributed by atoms with Crippen molar-refractivity contribution in [1.82, 2.24) is 23.7 Å². The van der Waals surface area contributed by atoms with Gasteiger partial charge in [-0.3, -0.25) is 9.36 Å². The van der Waals surface area contributed by atoms with Crippen molar-refractivity contribution in [2.24, 2.45) is 0 Å². The van der Waals surface area contributed by atoms with Crippen molar-refractivity contribution in [2.75, 3.05) is 11.6 Å². The second kappa shape index (κ2) is 7.78. The third kappa shape index (κ3) is 4.14. The van der Waals surface area contributed by atoms with E-state index in [1.807, 2.05) is 0 Å². The van der Waals surface area contributed by atoms with E-state index < -0.39 is 39.6 Å². The number of ether oxygens (including phenoxy) is 1. The molecule has 0 spiro atoms. The smallest absolute Gasteiger partial charge is 0.387 e. The Morgan fingerprint density at radius 2 is 2.12 bits per heavy atom. The van der Waals surface area contributed by atoms with Crippen molar-refractivity contribution in [3.05, 3.63) is 35.0 Å². The van der Waals surface area contributed by atoms with Gasteiger partial charge in [-0.05, 0) is 32.3 Å². The normalized spacial score (nSPS) is 21.4. The van der Waals surface area contributed by atoms with Crippen LogP contribution >= 0.6 is 0 Å². The maximum atomic E-state index is 13.0. The number of fused-ring (bicyclic) bond motifs is 1. The third-order valence-corrected chi connectivity index (χ3v) is 6.18. The predicted molar refractivity (Wildman–Crippen MR) is 110 cm³/mol. The van der Waals surface area contributed by atoms with E-state index in [9.17, 15) is 27.1 Å². The molecule has 1 aliphatic rings. The molecule has 0 saturated heterocycles. The summed E-state index contributed by atoms with van der Waals surface area (Å²) in [7, 11) is -3.58. The first-order chi connectivity index (χ1) is 15.0. The lowest BCUT2D eigenvalue weighted by molar-refractivity contribution is -0.0513. The van der Waals surface area contributed by atoms with Crippen LogP contribution in [0.2, 0.25) is 0 Å². The summed E-state index contributed by atoms with van der Waals surface area (Å²) in [6, 6.07) is 0.407. The Balaban J connectivity index is 1.83. The summed E-state index contributed by atoms with van der Waals surface area (Å²) in [4.78, 5) is 21.4. The van der Waals surface area contributed by atoms with E-state index in [4.69, 9.17) is 0 Å². The molecule has 172 valence electrons. The van der Waals surface area contributed by atoms with Crippen molar-refractivity contribution in [3.8, 4) is 5.75 Å². The minimum atomic E-state index is -3.58. The van der Waals surface area contributed by atoms with Crippen LogP contribution in [0.3, 0.4) is 0 Å². The van der Waals surface area contributed by atoms with Gasteiger partial charge in [-0.2, -0.15) is 23.0 Å². The first-order valence-electron chi connectivity index (χ1n) is 9.57. The topological polar surface area (TPSA) is 141 Å². The summed E-state index contributed by atoms with van der Waals surface area (Å²) in [6.07, 6.45) is 6.26. The lowest BCUT2D eigenvalue weighted by Gasteiger charge is -2.28. The minimum absolute atomic E-state index is 0.0128. The zero-order valence-electron chi connectivity index (χ0n) is 17.1. The summed E-state index contributed by atoms with van der Waals surface area (Å²) in [5.41, 5.74) is -1.72. The second-order valence-electron chi connectivity index (χ2n) is 7.79. The number of aliphatic hydroxyl groups is 1. The van der Waals surface area contributed by atoms with Crippen LogP contribution in [-0.4, -0.2) is 55.7 Å². The molecule has 14 heteroatoms. The molecule has 1 aliphatic carbocycles. The Bertz CT molecular complexity index is 1340. The Labute approximate surface area is 180 Å². The number of halogens is 2. The Morgan fingerprint density at radius 3 is 2.72 bits per heavy atom.